The summed E-state index contributed by atoms with van der Waals surface area (Å²) in [4.78, 5) is 12.4. The van der Waals surface area contributed by atoms with Crippen molar-refractivity contribution in [2.24, 2.45) is 0 Å². The Kier molecular flexibility index (Phi) is 3.60. The number of Topliss-reactive ketones (excluding diaryl/α,β-unsaturated/α-hetero) is 1. The highest BCUT2D eigenvalue weighted by Crippen LogP contribution is 2.52. The van der Waals surface area contributed by atoms with Gasteiger partial charge in [0.15, 0.2) is 15.9 Å². The molecule has 1 aliphatic rings. The van der Waals surface area contributed by atoms with Gasteiger partial charge in [0.2, 0.25) is 0 Å². The fourth-order valence-electron chi connectivity index (χ4n) is 2.17. The minimum absolute atomic E-state index is 0.107. The van der Waals surface area contributed by atoms with Gasteiger partial charge in [-0.25, -0.2) is 0 Å². The van der Waals surface area contributed by atoms with E-state index in [9.17, 15) is 4.79 Å². The Morgan fingerprint density at radius 2 is 1.70 bits per heavy atom. The number of carbonyl (C=O) groups excluding carboxylic acids is 1. The summed E-state index contributed by atoms with van der Waals surface area (Å²) < 4.78 is 10.5. The number of nitrogens with zero attached hydrogens (tertiary/aromatic N) is 2. The molecular weight excluding hydrogens is 276 g/mol. The Morgan fingerprint density at radius 3 is 2.15 bits per heavy atom. The van der Waals surface area contributed by atoms with Crippen LogP contribution >= 0.6 is 11.3 Å². The molecule has 2 rings (SSSR count). The molecule has 0 radical (unpaired) electrons. The van der Waals surface area contributed by atoms with Crippen molar-refractivity contribution in [2.45, 2.75) is 6.92 Å². The summed E-state index contributed by atoms with van der Waals surface area (Å²) in [6.07, 6.45) is 1.59. The predicted molar refractivity (Wildman–Crippen MR) is 73.7 cm³/mol. The van der Waals surface area contributed by atoms with Crippen molar-refractivity contribution in [3.8, 4) is 22.3 Å². The third-order valence-electron chi connectivity index (χ3n) is 2.97. The van der Waals surface area contributed by atoms with Gasteiger partial charge < -0.3 is 9.47 Å². The lowest BCUT2D eigenvalue weighted by Gasteiger charge is -2.03. The van der Waals surface area contributed by atoms with Crippen LogP contribution in [0, 0.1) is 22.7 Å². The van der Waals surface area contributed by atoms with Gasteiger partial charge in [0.1, 0.15) is 17.7 Å². The minimum Gasteiger partial charge on any atom is -0.487 e. The average Bonchev–Trinajstić information content (AvgIpc) is 2.97. The Labute approximate surface area is 120 Å². The molecule has 20 heavy (non-hydrogen) atoms. The first-order valence-corrected chi connectivity index (χ1v) is 6.47. The normalized spacial score (nSPS) is 14.8. The van der Waals surface area contributed by atoms with Crippen molar-refractivity contribution >= 4 is 22.7 Å². The molecule has 0 saturated carbocycles. The molecule has 100 valence electrons. The predicted octanol–water partition coefficient (Wildman–Crippen LogP) is 2.71. The highest BCUT2D eigenvalue weighted by Gasteiger charge is 2.39. The van der Waals surface area contributed by atoms with E-state index in [0.29, 0.717) is 32.4 Å². The van der Waals surface area contributed by atoms with Crippen molar-refractivity contribution in [1.82, 2.24) is 0 Å². The Bertz CT molecular complexity index is 726. The van der Waals surface area contributed by atoms with Gasteiger partial charge in [-0.2, -0.15) is 10.5 Å². The summed E-state index contributed by atoms with van der Waals surface area (Å²) in [7, 11) is 2.94. The second kappa shape index (κ2) is 5.20. The van der Waals surface area contributed by atoms with Gasteiger partial charge in [-0.1, -0.05) is 17.4 Å². The van der Waals surface area contributed by atoms with Gasteiger partial charge in [0.25, 0.3) is 0 Å². The van der Waals surface area contributed by atoms with E-state index in [1.54, 1.807) is 13.0 Å². The van der Waals surface area contributed by atoms with Crippen LogP contribution in [0.1, 0.15) is 22.8 Å². The quantitative estimate of drug-likeness (QED) is 0.616. The molecule has 0 atom stereocenters. The van der Waals surface area contributed by atoms with Crippen LogP contribution < -0.4 is 9.47 Å². The van der Waals surface area contributed by atoms with E-state index in [4.69, 9.17) is 20.0 Å². The second-order valence-electron chi connectivity index (χ2n) is 3.84. The highest BCUT2D eigenvalue weighted by atomic mass is 32.1. The van der Waals surface area contributed by atoms with Crippen molar-refractivity contribution < 1.29 is 14.3 Å². The molecule has 0 bridgehead atoms. The molecule has 0 aliphatic heterocycles. The van der Waals surface area contributed by atoms with Crippen LogP contribution in [0.25, 0.3) is 5.57 Å². The van der Waals surface area contributed by atoms with Crippen molar-refractivity contribution in [1.29, 1.82) is 10.5 Å². The second-order valence-corrected chi connectivity index (χ2v) is 4.79. The van der Waals surface area contributed by atoms with E-state index in [1.807, 2.05) is 12.1 Å². The number of nitriles is 2. The summed E-state index contributed by atoms with van der Waals surface area (Å²) >= 11 is 1.17. The van der Waals surface area contributed by atoms with Gasteiger partial charge >= 0.3 is 0 Å². The number of carbonyl (C=O) groups is 1. The molecule has 0 spiro atoms. The van der Waals surface area contributed by atoms with Crippen LogP contribution in [0.5, 0.6) is 10.1 Å². The van der Waals surface area contributed by atoms with Crippen LogP contribution in [0.4, 0.5) is 0 Å². The third kappa shape index (κ3) is 1.70. The van der Waals surface area contributed by atoms with E-state index in [-0.39, 0.29) is 11.4 Å². The number of fused-ring (bicyclic) bond motifs is 1. The molecule has 0 fully saturated rings. The summed E-state index contributed by atoms with van der Waals surface area (Å²) in [5.41, 5.74) is 1.39. The van der Waals surface area contributed by atoms with Crippen molar-refractivity contribution in [3.63, 3.8) is 0 Å². The zero-order valence-electron chi connectivity index (χ0n) is 11.1. The van der Waals surface area contributed by atoms with Gasteiger partial charge in [0, 0.05) is 11.1 Å². The Hall–Kier alpha value is -2.57. The van der Waals surface area contributed by atoms with Gasteiger partial charge in [0.05, 0.1) is 25.3 Å². The maximum absolute atomic E-state index is 12.4. The Morgan fingerprint density at radius 1 is 1.15 bits per heavy atom. The molecule has 1 aromatic heterocycles. The average molecular weight is 286 g/mol. The SMILES string of the molecule is C/C=C1/C(=O)c2c(OC)sc(OC)c2C1=C(C#N)C#N. The topological polar surface area (TPSA) is 83.1 Å². The number of ether oxygens (including phenoxy) is 2. The first kappa shape index (κ1) is 13.9. The number of ketones is 1. The maximum Gasteiger partial charge on any atom is 0.198 e. The largest absolute Gasteiger partial charge is 0.487 e. The lowest BCUT2D eigenvalue weighted by Crippen LogP contribution is -1.97. The van der Waals surface area contributed by atoms with Crippen LogP contribution in [0.15, 0.2) is 17.2 Å². The van der Waals surface area contributed by atoms with Crippen LogP contribution in [0.3, 0.4) is 0 Å². The molecular formula is C14H10N2O3S. The molecule has 0 saturated heterocycles. The fraction of sp³-hybridized carbons (Fsp3) is 0.214. The maximum atomic E-state index is 12.4. The molecule has 0 aromatic carbocycles. The first-order chi connectivity index (χ1) is 9.64. The molecule has 0 amide bonds. The van der Waals surface area contributed by atoms with Crippen molar-refractivity contribution in [2.75, 3.05) is 14.2 Å². The summed E-state index contributed by atoms with van der Waals surface area (Å²) in [5.74, 6) is -0.253. The van der Waals surface area contributed by atoms with Gasteiger partial charge in [-0.3, -0.25) is 4.79 Å². The van der Waals surface area contributed by atoms with E-state index >= 15 is 0 Å². The zero-order chi connectivity index (χ0) is 14.9. The monoisotopic (exact) mass is 286 g/mol. The fourth-order valence-corrected chi connectivity index (χ4v) is 3.10. The van der Waals surface area contributed by atoms with Gasteiger partial charge in [-0.15, -0.1) is 0 Å². The molecule has 1 heterocycles. The molecule has 5 nitrogen and oxygen atoms in total. The van der Waals surface area contributed by atoms with E-state index in [1.165, 1.54) is 25.6 Å². The third-order valence-corrected chi connectivity index (χ3v) is 4.08. The number of thiophene rings is 1. The lowest BCUT2D eigenvalue weighted by atomic mass is 10.0. The minimum atomic E-state index is -0.253. The number of allylic oxidation sites excluding steroid dienone is 4. The molecule has 1 aliphatic carbocycles. The standard InChI is InChI=1S/C14H10N2O3S/c1-4-8-9(7(5-15)6-16)10-11(12(8)17)14(19-3)20-13(10)18-2/h4H,1-3H3/b8-4+. The molecule has 0 unspecified atom stereocenters. The zero-order valence-corrected chi connectivity index (χ0v) is 11.9. The molecule has 0 N–H and O–H groups in total. The van der Waals surface area contributed by atoms with Crippen LogP contribution in [0.2, 0.25) is 0 Å². The summed E-state index contributed by atoms with van der Waals surface area (Å²) in [6.45, 7) is 1.69. The van der Waals surface area contributed by atoms with Crippen LogP contribution in [-0.4, -0.2) is 20.0 Å². The van der Waals surface area contributed by atoms with Crippen LogP contribution in [-0.2, 0) is 0 Å². The highest BCUT2D eigenvalue weighted by molar-refractivity contribution is 7.16. The first-order valence-electron chi connectivity index (χ1n) is 5.65. The number of methoxy groups -OCH3 is 2. The smallest absolute Gasteiger partial charge is 0.198 e. The van der Waals surface area contributed by atoms with E-state index < -0.39 is 0 Å². The van der Waals surface area contributed by atoms with Crippen molar-refractivity contribution in [3.05, 3.63) is 28.3 Å². The lowest BCUT2D eigenvalue weighted by molar-refractivity contribution is 0.104. The Balaban J connectivity index is 2.93. The number of hydrogen-bond acceptors (Lipinski definition) is 6. The van der Waals surface area contributed by atoms with E-state index in [2.05, 4.69) is 0 Å². The van der Waals surface area contributed by atoms with E-state index in [0.717, 1.165) is 0 Å². The molecule has 1 aromatic rings. The van der Waals surface area contributed by atoms with Gasteiger partial charge in [-0.05, 0) is 6.92 Å². The number of rotatable bonds is 2. The summed E-state index contributed by atoms with van der Waals surface area (Å²) in [5, 5.41) is 19.1. The number of hydrogen-bond donors (Lipinski definition) is 0. The molecule has 6 heteroatoms. The summed E-state index contributed by atoms with van der Waals surface area (Å²) in [6, 6.07) is 3.66.